The van der Waals surface area contributed by atoms with Crippen LogP contribution in [0.4, 0.5) is 14.5 Å². The molecule has 1 aromatic rings. The van der Waals surface area contributed by atoms with Crippen LogP contribution in [0.5, 0.6) is 0 Å². The zero-order valence-corrected chi connectivity index (χ0v) is 11.7. The highest BCUT2D eigenvalue weighted by Gasteiger charge is 2.27. The predicted molar refractivity (Wildman–Crippen MR) is 73.4 cm³/mol. The lowest BCUT2D eigenvalue weighted by molar-refractivity contribution is 0.0752. The quantitative estimate of drug-likeness (QED) is 0.859. The first-order valence-corrected chi connectivity index (χ1v) is 6.61. The Bertz CT molecular complexity index is 521. The van der Waals surface area contributed by atoms with Gasteiger partial charge in [-0.3, -0.25) is 4.79 Å². The first-order chi connectivity index (χ1) is 9.41. The fraction of sp³-hybridized carbons (Fsp3) is 0.500. The van der Waals surface area contributed by atoms with Crippen molar-refractivity contribution in [1.82, 2.24) is 9.80 Å². The molecule has 0 aromatic heterocycles. The summed E-state index contributed by atoms with van der Waals surface area (Å²) in [6, 6.07) is 2.36. The Morgan fingerprint density at radius 1 is 1.50 bits per heavy atom. The fourth-order valence-corrected chi connectivity index (χ4v) is 2.56. The van der Waals surface area contributed by atoms with Crippen molar-refractivity contribution in [2.75, 3.05) is 32.9 Å². The van der Waals surface area contributed by atoms with E-state index in [2.05, 4.69) is 4.90 Å². The lowest BCUT2D eigenvalue weighted by atomic mass is 10.1. The highest BCUT2D eigenvalue weighted by atomic mass is 19.1. The summed E-state index contributed by atoms with van der Waals surface area (Å²) >= 11 is 0. The second-order valence-corrected chi connectivity index (χ2v) is 5.29. The molecule has 1 aliphatic heterocycles. The van der Waals surface area contributed by atoms with Crippen molar-refractivity contribution in [3.05, 3.63) is 29.3 Å². The van der Waals surface area contributed by atoms with Gasteiger partial charge in [0.1, 0.15) is 11.4 Å². The number of nitrogens with two attached hydrogens (primary N) is 1. The van der Waals surface area contributed by atoms with Gasteiger partial charge in [-0.1, -0.05) is 0 Å². The molecule has 6 heteroatoms. The van der Waals surface area contributed by atoms with E-state index in [4.69, 9.17) is 5.73 Å². The van der Waals surface area contributed by atoms with Gasteiger partial charge in [-0.15, -0.1) is 0 Å². The topological polar surface area (TPSA) is 49.6 Å². The van der Waals surface area contributed by atoms with Crippen LogP contribution in [0, 0.1) is 11.6 Å². The van der Waals surface area contributed by atoms with Gasteiger partial charge in [0.15, 0.2) is 5.82 Å². The van der Waals surface area contributed by atoms with Crippen LogP contribution < -0.4 is 5.73 Å². The highest BCUT2D eigenvalue weighted by molar-refractivity contribution is 5.95. The normalized spacial score (nSPS) is 19.3. The zero-order valence-electron chi connectivity index (χ0n) is 11.7. The third-order valence-corrected chi connectivity index (χ3v) is 3.84. The smallest absolute Gasteiger partial charge is 0.259 e. The van der Waals surface area contributed by atoms with Crippen molar-refractivity contribution in [2.24, 2.45) is 0 Å². The summed E-state index contributed by atoms with van der Waals surface area (Å²) in [4.78, 5) is 15.7. The van der Waals surface area contributed by atoms with E-state index in [9.17, 15) is 13.6 Å². The van der Waals surface area contributed by atoms with Crippen molar-refractivity contribution in [1.29, 1.82) is 0 Å². The van der Waals surface area contributed by atoms with E-state index in [-0.39, 0.29) is 11.7 Å². The summed E-state index contributed by atoms with van der Waals surface area (Å²) in [6.07, 6.45) is 2.06. The molecule has 1 saturated heterocycles. The van der Waals surface area contributed by atoms with E-state index >= 15 is 0 Å². The van der Waals surface area contributed by atoms with Gasteiger partial charge in [-0.05, 0) is 38.6 Å². The predicted octanol–water partition coefficient (Wildman–Crippen LogP) is 1.71. The van der Waals surface area contributed by atoms with Crippen LogP contribution in [-0.2, 0) is 0 Å². The molecule has 0 bridgehead atoms. The van der Waals surface area contributed by atoms with E-state index in [0.717, 1.165) is 31.5 Å². The summed E-state index contributed by atoms with van der Waals surface area (Å²) in [5.74, 6) is -2.54. The molecule has 0 aliphatic carbocycles. The Balaban J connectivity index is 2.16. The first-order valence-electron chi connectivity index (χ1n) is 6.61. The van der Waals surface area contributed by atoms with Crippen LogP contribution in [0.25, 0.3) is 0 Å². The van der Waals surface area contributed by atoms with E-state index in [1.54, 1.807) is 7.05 Å². The minimum Gasteiger partial charge on any atom is -0.396 e. The fourth-order valence-electron chi connectivity index (χ4n) is 2.56. The van der Waals surface area contributed by atoms with E-state index in [1.165, 1.54) is 4.90 Å². The summed E-state index contributed by atoms with van der Waals surface area (Å²) in [6.45, 7) is 1.43. The maximum atomic E-state index is 13.8. The molecular formula is C14H19F2N3O. The molecule has 1 atom stereocenters. The van der Waals surface area contributed by atoms with Crippen molar-refractivity contribution >= 4 is 11.6 Å². The van der Waals surface area contributed by atoms with Gasteiger partial charge >= 0.3 is 0 Å². The third kappa shape index (κ3) is 2.75. The van der Waals surface area contributed by atoms with Gasteiger partial charge in [0.25, 0.3) is 5.91 Å². The number of rotatable bonds is 3. The SMILES string of the molecule is CN(CC1CCCN1C)C(=O)c1c(F)ccc(N)c1F. The molecule has 0 radical (unpaired) electrons. The zero-order chi connectivity index (χ0) is 14.9. The van der Waals surface area contributed by atoms with Gasteiger partial charge in [0.2, 0.25) is 0 Å². The van der Waals surface area contributed by atoms with Crippen LogP contribution in [0.15, 0.2) is 12.1 Å². The third-order valence-electron chi connectivity index (χ3n) is 3.84. The first kappa shape index (κ1) is 14.7. The molecular weight excluding hydrogens is 264 g/mol. The molecule has 1 heterocycles. The molecule has 1 unspecified atom stereocenters. The highest BCUT2D eigenvalue weighted by Crippen LogP contribution is 2.21. The Hall–Kier alpha value is -1.69. The van der Waals surface area contributed by atoms with Gasteiger partial charge in [0.05, 0.1) is 5.69 Å². The van der Waals surface area contributed by atoms with Gasteiger partial charge in [-0.25, -0.2) is 8.78 Å². The molecule has 4 nitrogen and oxygen atoms in total. The minimum absolute atomic E-state index is 0.221. The molecule has 1 amide bonds. The Labute approximate surface area is 117 Å². The molecule has 110 valence electrons. The summed E-state index contributed by atoms with van der Waals surface area (Å²) in [5, 5.41) is 0. The van der Waals surface area contributed by atoms with E-state index in [1.807, 2.05) is 7.05 Å². The van der Waals surface area contributed by atoms with E-state index in [0.29, 0.717) is 6.54 Å². The van der Waals surface area contributed by atoms with Crippen molar-refractivity contribution in [3.63, 3.8) is 0 Å². The minimum atomic E-state index is -0.985. The number of carbonyl (C=O) groups excluding carboxylic acids is 1. The number of nitrogens with zero attached hydrogens (tertiary/aromatic N) is 2. The standard InChI is InChI=1S/C14H19F2N3O/c1-18-7-3-4-9(18)8-19(2)14(20)12-10(15)5-6-11(17)13(12)16/h5-6,9H,3-4,7-8,17H2,1-2H3. The molecule has 0 saturated carbocycles. The summed E-state index contributed by atoms with van der Waals surface area (Å²) < 4.78 is 27.5. The molecule has 2 rings (SSSR count). The number of likely N-dealkylation sites (tertiary alicyclic amines) is 1. The Morgan fingerprint density at radius 2 is 2.20 bits per heavy atom. The van der Waals surface area contributed by atoms with E-state index < -0.39 is 23.1 Å². The molecule has 0 spiro atoms. The number of anilines is 1. The number of carbonyl (C=O) groups is 1. The largest absolute Gasteiger partial charge is 0.396 e. The van der Waals surface area contributed by atoms with Crippen LogP contribution in [0.2, 0.25) is 0 Å². The number of amides is 1. The number of halogens is 2. The van der Waals surface area contributed by atoms with Crippen molar-refractivity contribution in [3.8, 4) is 0 Å². The van der Waals surface area contributed by atoms with Gasteiger partial charge in [0, 0.05) is 19.6 Å². The van der Waals surface area contributed by atoms with Crippen LogP contribution in [0.1, 0.15) is 23.2 Å². The lowest BCUT2D eigenvalue weighted by Gasteiger charge is -2.26. The van der Waals surface area contributed by atoms with Crippen molar-refractivity contribution < 1.29 is 13.6 Å². The second kappa shape index (κ2) is 5.75. The average molecular weight is 283 g/mol. The average Bonchev–Trinajstić information content (AvgIpc) is 2.80. The second-order valence-electron chi connectivity index (χ2n) is 5.29. The molecule has 1 aromatic carbocycles. The monoisotopic (exact) mass is 283 g/mol. The van der Waals surface area contributed by atoms with Crippen LogP contribution >= 0.6 is 0 Å². The number of hydrogen-bond acceptors (Lipinski definition) is 3. The summed E-state index contributed by atoms with van der Waals surface area (Å²) in [7, 11) is 3.54. The van der Waals surface area contributed by atoms with Crippen molar-refractivity contribution in [2.45, 2.75) is 18.9 Å². The van der Waals surface area contributed by atoms with Crippen LogP contribution in [-0.4, -0.2) is 48.9 Å². The maximum Gasteiger partial charge on any atom is 0.259 e. The molecule has 1 aliphatic rings. The lowest BCUT2D eigenvalue weighted by Crippen LogP contribution is -2.40. The maximum absolute atomic E-state index is 13.8. The number of hydrogen-bond donors (Lipinski definition) is 1. The van der Waals surface area contributed by atoms with Crippen LogP contribution in [0.3, 0.4) is 0 Å². The Kier molecular flexibility index (Phi) is 4.23. The summed E-state index contributed by atoms with van der Waals surface area (Å²) in [5.41, 5.74) is 4.60. The molecule has 20 heavy (non-hydrogen) atoms. The van der Waals surface area contributed by atoms with Gasteiger partial charge < -0.3 is 15.5 Å². The Morgan fingerprint density at radius 3 is 2.80 bits per heavy atom. The number of benzene rings is 1. The molecule has 2 N–H and O–H groups in total. The number of nitrogen functional groups attached to an aromatic ring is 1. The number of likely N-dealkylation sites (N-methyl/N-ethyl adjacent to an activating group) is 2. The molecule has 1 fully saturated rings. The van der Waals surface area contributed by atoms with Gasteiger partial charge in [-0.2, -0.15) is 0 Å².